The van der Waals surface area contributed by atoms with Crippen molar-refractivity contribution in [3.63, 3.8) is 0 Å². The number of hydrogen-bond acceptors (Lipinski definition) is 7. The predicted octanol–water partition coefficient (Wildman–Crippen LogP) is 0.723. The lowest BCUT2D eigenvalue weighted by atomic mass is 10.1. The second-order valence-electron chi connectivity index (χ2n) is 4.06. The van der Waals surface area contributed by atoms with Crippen LogP contribution in [0, 0.1) is 10.7 Å². The Kier molecular flexibility index (Phi) is 4.33. The van der Waals surface area contributed by atoms with E-state index in [-0.39, 0.29) is 22.0 Å². The largest absolute Gasteiger partial charge is 0.503 e. The number of aromatic hydroxyl groups is 1. The summed E-state index contributed by atoms with van der Waals surface area (Å²) in [6.45, 7) is 0. The lowest BCUT2D eigenvalue weighted by molar-refractivity contribution is -0.123. The van der Waals surface area contributed by atoms with Gasteiger partial charge in [-0.2, -0.15) is 5.26 Å². The molecule has 112 valence electrons. The van der Waals surface area contributed by atoms with Crippen LogP contribution in [-0.4, -0.2) is 30.1 Å². The zero-order valence-corrected chi connectivity index (χ0v) is 12.0. The Bertz CT molecular complexity index is 729. The topological polar surface area (TPSA) is 129 Å². The number of rotatable bonds is 3. The standard InChI is InChI=1S/C13H9N3O5S/c1-21-8-3-6(4-9(10(8)17)22-5-14)2-7-11(18)15-13(20)16-12(7)19/h2-4,17H,1H3,(H2,15,16,18,19,20). The molecule has 0 unspecified atom stereocenters. The third kappa shape index (κ3) is 3.02. The van der Waals surface area contributed by atoms with Crippen molar-refractivity contribution in [2.24, 2.45) is 0 Å². The van der Waals surface area contributed by atoms with Gasteiger partial charge in [0.25, 0.3) is 11.8 Å². The lowest BCUT2D eigenvalue weighted by Gasteiger charge is -2.14. The first-order valence-electron chi connectivity index (χ1n) is 5.81. The Balaban J connectivity index is 2.49. The van der Waals surface area contributed by atoms with Crippen LogP contribution in [0.25, 0.3) is 6.08 Å². The number of phenols is 1. The smallest absolute Gasteiger partial charge is 0.328 e. The summed E-state index contributed by atoms with van der Waals surface area (Å²) in [5.41, 5.74) is 0.0716. The van der Waals surface area contributed by atoms with Crippen LogP contribution in [-0.2, 0) is 9.59 Å². The fraction of sp³-hybridized carbons (Fsp3) is 0.0769. The SMILES string of the molecule is COc1cc(C=C2C(=O)NC(=O)NC2=O)cc(SC#N)c1O. The van der Waals surface area contributed by atoms with Crippen molar-refractivity contribution < 1.29 is 24.2 Å². The van der Waals surface area contributed by atoms with E-state index in [4.69, 9.17) is 10.00 Å². The van der Waals surface area contributed by atoms with Gasteiger partial charge in [0.2, 0.25) is 0 Å². The van der Waals surface area contributed by atoms with E-state index < -0.39 is 17.8 Å². The number of nitriles is 1. The van der Waals surface area contributed by atoms with Gasteiger partial charge in [0.1, 0.15) is 11.0 Å². The van der Waals surface area contributed by atoms with Crippen molar-refractivity contribution in [2.75, 3.05) is 7.11 Å². The summed E-state index contributed by atoms with van der Waals surface area (Å²) in [5.74, 6) is -1.81. The van der Waals surface area contributed by atoms with Crippen LogP contribution in [0.3, 0.4) is 0 Å². The Morgan fingerprint density at radius 2 is 1.91 bits per heavy atom. The molecule has 0 aliphatic carbocycles. The number of benzene rings is 1. The first-order valence-corrected chi connectivity index (χ1v) is 6.63. The van der Waals surface area contributed by atoms with E-state index in [0.717, 1.165) is 0 Å². The normalized spacial score (nSPS) is 14.0. The maximum atomic E-state index is 11.7. The lowest BCUT2D eigenvalue weighted by Crippen LogP contribution is -2.51. The monoisotopic (exact) mass is 319 g/mol. The highest BCUT2D eigenvalue weighted by Gasteiger charge is 2.27. The number of phenolic OH excluding ortho intramolecular Hbond substituents is 1. The number of carbonyl (C=O) groups is 3. The maximum absolute atomic E-state index is 11.7. The summed E-state index contributed by atoms with van der Waals surface area (Å²) in [6.07, 6.45) is 1.22. The number of amides is 4. The van der Waals surface area contributed by atoms with E-state index in [0.29, 0.717) is 17.3 Å². The minimum atomic E-state index is -0.892. The van der Waals surface area contributed by atoms with E-state index in [9.17, 15) is 19.5 Å². The number of nitrogens with one attached hydrogen (secondary N) is 2. The fourth-order valence-corrected chi connectivity index (χ4v) is 2.23. The average molecular weight is 319 g/mol. The first kappa shape index (κ1) is 15.4. The Hall–Kier alpha value is -2.99. The molecule has 9 heteroatoms. The van der Waals surface area contributed by atoms with Crippen LogP contribution < -0.4 is 15.4 Å². The summed E-state index contributed by atoms with van der Waals surface area (Å²) in [6, 6.07) is 1.91. The Morgan fingerprint density at radius 3 is 2.45 bits per heavy atom. The number of imide groups is 2. The molecule has 0 saturated carbocycles. The molecule has 1 aliphatic rings. The highest BCUT2D eigenvalue weighted by molar-refractivity contribution is 8.03. The van der Waals surface area contributed by atoms with Crippen molar-refractivity contribution in [1.29, 1.82) is 5.26 Å². The highest BCUT2D eigenvalue weighted by atomic mass is 32.2. The number of urea groups is 1. The van der Waals surface area contributed by atoms with Crippen molar-refractivity contribution in [1.82, 2.24) is 10.6 Å². The van der Waals surface area contributed by atoms with Gasteiger partial charge in [0.05, 0.1) is 12.0 Å². The Morgan fingerprint density at radius 1 is 1.27 bits per heavy atom. The van der Waals surface area contributed by atoms with Crippen molar-refractivity contribution in [3.05, 3.63) is 23.3 Å². The molecule has 1 fully saturated rings. The van der Waals surface area contributed by atoms with E-state index >= 15 is 0 Å². The zero-order chi connectivity index (χ0) is 16.3. The van der Waals surface area contributed by atoms with E-state index in [2.05, 4.69) is 0 Å². The molecular formula is C13H9N3O5S. The number of hydrogen-bond donors (Lipinski definition) is 3. The van der Waals surface area contributed by atoms with Crippen molar-refractivity contribution >= 4 is 35.7 Å². The van der Waals surface area contributed by atoms with Crippen molar-refractivity contribution in [2.45, 2.75) is 4.90 Å². The molecule has 22 heavy (non-hydrogen) atoms. The number of nitrogens with zero attached hydrogens (tertiary/aromatic N) is 1. The van der Waals surface area contributed by atoms with Gasteiger partial charge in [0.15, 0.2) is 11.5 Å². The molecule has 0 radical (unpaired) electrons. The molecule has 0 aromatic heterocycles. The molecule has 3 N–H and O–H groups in total. The molecular weight excluding hydrogens is 310 g/mol. The van der Waals surface area contributed by atoms with Gasteiger partial charge in [-0.15, -0.1) is 0 Å². The minimum absolute atomic E-state index is 0.0832. The van der Waals surface area contributed by atoms with Gasteiger partial charge >= 0.3 is 6.03 Å². The predicted molar refractivity (Wildman–Crippen MR) is 75.8 cm³/mol. The highest BCUT2D eigenvalue weighted by Crippen LogP contribution is 2.38. The average Bonchev–Trinajstić information content (AvgIpc) is 2.46. The van der Waals surface area contributed by atoms with Gasteiger partial charge in [-0.05, 0) is 35.5 Å². The third-order valence-corrected chi connectivity index (χ3v) is 3.31. The van der Waals surface area contributed by atoms with Crippen LogP contribution >= 0.6 is 11.8 Å². The van der Waals surface area contributed by atoms with E-state index in [1.807, 2.05) is 16.0 Å². The van der Waals surface area contributed by atoms with Crippen LogP contribution in [0.1, 0.15) is 5.56 Å². The first-order chi connectivity index (χ1) is 10.5. The molecule has 1 aliphatic heterocycles. The van der Waals surface area contributed by atoms with Gasteiger partial charge in [-0.3, -0.25) is 20.2 Å². The second-order valence-corrected chi connectivity index (χ2v) is 4.89. The number of carbonyl (C=O) groups excluding carboxylic acids is 3. The van der Waals surface area contributed by atoms with E-state index in [1.165, 1.54) is 25.3 Å². The van der Waals surface area contributed by atoms with E-state index in [1.54, 1.807) is 0 Å². The quantitative estimate of drug-likeness (QED) is 0.324. The van der Waals surface area contributed by atoms with Gasteiger partial charge < -0.3 is 9.84 Å². The number of methoxy groups -OCH3 is 1. The summed E-state index contributed by atoms with van der Waals surface area (Å²) in [5, 5.41) is 24.3. The number of ether oxygens (including phenoxy) is 1. The molecule has 0 atom stereocenters. The number of thiocyanates is 1. The van der Waals surface area contributed by atoms with Crippen molar-refractivity contribution in [3.8, 4) is 16.9 Å². The molecule has 1 heterocycles. The number of thioether (sulfide) groups is 1. The minimum Gasteiger partial charge on any atom is -0.503 e. The van der Waals surface area contributed by atoms with Gasteiger partial charge in [-0.25, -0.2) is 4.79 Å². The Labute approximate surface area is 128 Å². The number of barbiturate groups is 1. The molecule has 8 nitrogen and oxygen atoms in total. The molecule has 1 aromatic rings. The second kappa shape index (κ2) is 6.19. The summed E-state index contributed by atoms with van der Waals surface area (Å²) >= 11 is 0.701. The molecule has 0 spiro atoms. The van der Waals surface area contributed by atoms with Crippen LogP contribution in [0.4, 0.5) is 4.79 Å². The molecule has 1 saturated heterocycles. The van der Waals surface area contributed by atoms with Crippen LogP contribution in [0.15, 0.2) is 22.6 Å². The zero-order valence-electron chi connectivity index (χ0n) is 11.2. The summed E-state index contributed by atoms with van der Waals surface area (Å²) in [7, 11) is 1.32. The maximum Gasteiger partial charge on any atom is 0.328 e. The van der Waals surface area contributed by atoms with Crippen LogP contribution in [0.2, 0.25) is 0 Å². The summed E-state index contributed by atoms with van der Waals surface area (Å²) in [4.78, 5) is 34.5. The molecule has 1 aromatic carbocycles. The molecule has 2 rings (SSSR count). The fourth-order valence-electron chi connectivity index (χ4n) is 1.74. The van der Waals surface area contributed by atoms with Gasteiger partial charge in [-0.1, -0.05) is 0 Å². The van der Waals surface area contributed by atoms with Gasteiger partial charge in [0, 0.05) is 0 Å². The molecule has 0 bridgehead atoms. The third-order valence-electron chi connectivity index (χ3n) is 2.69. The molecule has 4 amide bonds. The van der Waals surface area contributed by atoms with Crippen LogP contribution in [0.5, 0.6) is 11.5 Å². The summed E-state index contributed by atoms with van der Waals surface area (Å²) < 4.78 is 4.98.